The van der Waals surface area contributed by atoms with Gasteiger partial charge in [-0.25, -0.2) is 4.68 Å². The summed E-state index contributed by atoms with van der Waals surface area (Å²) in [5.41, 5.74) is 4.42. The molecule has 0 aliphatic carbocycles. The number of carbonyl (C=O) groups excluding carboxylic acids is 2. The molecule has 0 saturated heterocycles. The minimum absolute atomic E-state index is 0.0120. The summed E-state index contributed by atoms with van der Waals surface area (Å²) in [6.45, 7) is 2.72. The average molecular weight is 402 g/mol. The predicted molar refractivity (Wildman–Crippen MR) is 117 cm³/mol. The molecule has 0 saturated carbocycles. The molecule has 1 unspecified atom stereocenters. The van der Waals surface area contributed by atoms with Crippen LogP contribution in [0.15, 0.2) is 60.8 Å². The van der Waals surface area contributed by atoms with Crippen molar-refractivity contribution in [3.05, 3.63) is 77.5 Å². The summed E-state index contributed by atoms with van der Waals surface area (Å²) >= 11 is 0. The number of carbonyl (C=O) groups is 2. The van der Waals surface area contributed by atoms with E-state index in [0.29, 0.717) is 25.2 Å². The molecule has 4 rings (SSSR count). The molecule has 1 atom stereocenters. The van der Waals surface area contributed by atoms with Crippen molar-refractivity contribution < 1.29 is 9.59 Å². The molecular weight excluding hydrogens is 376 g/mol. The van der Waals surface area contributed by atoms with E-state index in [0.717, 1.165) is 23.2 Å². The van der Waals surface area contributed by atoms with E-state index in [9.17, 15) is 9.59 Å². The summed E-state index contributed by atoms with van der Waals surface area (Å²) in [6, 6.07) is 18.0. The second-order valence-electron chi connectivity index (χ2n) is 7.68. The van der Waals surface area contributed by atoms with Gasteiger partial charge in [-0.05, 0) is 42.0 Å². The number of anilines is 2. The van der Waals surface area contributed by atoms with Gasteiger partial charge in [0, 0.05) is 24.1 Å². The van der Waals surface area contributed by atoms with Gasteiger partial charge >= 0.3 is 0 Å². The Bertz CT molecular complexity index is 1040. The summed E-state index contributed by atoms with van der Waals surface area (Å²) in [5, 5.41) is 10.2. The number of aromatic nitrogens is 2. The number of aryl methyl sites for hydroxylation is 1. The number of nitrogens with one attached hydrogen (secondary N) is 2. The third-order valence-corrected chi connectivity index (χ3v) is 5.58. The molecule has 1 aliphatic heterocycles. The van der Waals surface area contributed by atoms with E-state index in [1.807, 2.05) is 24.3 Å². The standard InChI is InChI=1S/C24H26N4O2/c1-2-17-7-9-18(10-8-17)16-28-22(13-14-25-28)27-23(29)12-11-20-15-19-5-3-4-6-21(19)26-24(20)30/h3-10,13-14,20H,2,11-12,15-16H2,1H3,(H,26,30)(H,27,29). The molecule has 0 fully saturated rings. The van der Waals surface area contributed by atoms with Gasteiger partial charge in [-0.1, -0.05) is 49.4 Å². The number of amides is 2. The van der Waals surface area contributed by atoms with Gasteiger partial charge in [0.15, 0.2) is 0 Å². The van der Waals surface area contributed by atoms with Crippen LogP contribution in [0.1, 0.15) is 36.5 Å². The fourth-order valence-electron chi connectivity index (χ4n) is 3.78. The van der Waals surface area contributed by atoms with Crippen molar-refractivity contribution in [1.29, 1.82) is 0 Å². The Morgan fingerprint density at radius 1 is 1.13 bits per heavy atom. The van der Waals surface area contributed by atoms with E-state index >= 15 is 0 Å². The van der Waals surface area contributed by atoms with Crippen LogP contribution in [-0.2, 0) is 29.0 Å². The van der Waals surface area contributed by atoms with Crippen LogP contribution in [0.5, 0.6) is 0 Å². The SMILES string of the molecule is CCc1ccc(Cn2nccc2NC(=O)CCC2Cc3ccccc3NC2=O)cc1. The predicted octanol–water partition coefficient (Wildman–Crippen LogP) is 4.02. The molecule has 154 valence electrons. The summed E-state index contributed by atoms with van der Waals surface area (Å²) < 4.78 is 1.78. The van der Waals surface area contributed by atoms with Crippen molar-refractivity contribution in [2.24, 2.45) is 5.92 Å². The fraction of sp³-hybridized carbons (Fsp3) is 0.292. The van der Waals surface area contributed by atoms with Crippen LogP contribution in [0, 0.1) is 5.92 Å². The van der Waals surface area contributed by atoms with Crippen molar-refractivity contribution in [3.8, 4) is 0 Å². The molecule has 0 bridgehead atoms. The van der Waals surface area contributed by atoms with Crippen molar-refractivity contribution >= 4 is 23.3 Å². The van der Waals surface area contributed by atoms with E-state index in [1.165, 1.54) is 5.56 Å². The average Bonchev–Trinajstić information content (AvgIpc) is 3.19. The minimum atomic E-state index is -0.187. The molecule has 0 spiro atoms. The summed E-state index contributed by atoms with van der Waals surface area (Å²) in [4.78, 5) is 24.8. The molecule has 1 aliphatic rings. The molecule has 30 heavy (non-hydrogen) atoms. The van der Waals surface area contributed by atoms with E-state index in [-0.39, 0.29) is 24.2 Å². The quantitative estimate of drug-likeness (QED) is 0.627. The first-order chi connectivity index (χ1) is 14.6. The van der Waals surface area contributed by atoms with Gasteiger partial charge < -0.3 is 10.6 Å². The van der Waals surface area contributed by atoms with Gasteiger partial charge in [-0.15, -0.1) is 0 Å². The number of nitrogens with zero attached hydrogens (tertiary/aromatic N) is 2. The highest BCUT2D eigenvalue weighted by Crippen LogP contribution is 2.27. The maximum atomic E-state index is 12.5. The molecule has 0 radical (unpaired) electrons. The monoisotopic (exact) mass is 402 g/mol. The third kappa shape index (κ3) is 4.59. The maximum absolute atomic E-state index is 12.5. The van der Waals surface area contributed by atoms with Crippen molar-refractivity contribution in [3.63, 3.8) is 0 Å². The molecule has 6 heteroatoms. The first-order valence-electron chi connectivity index (χ1n) is 10.4. The minimum Gasteiger partial charge on any atom is -0.326 e. The normalized spacial score (nSPS) is 15.4. The Balaban J connectivity index is 1.33. The zero-order valence-corrected chi connectivity index (χ0v) is 17.1. The van der Waals surface area contributed by atoms with Crippen LogP contribution in [0.2, 0.25) is 0 Å². The maximum Gasteiger partial charge on any atom is 0.227 e. The Morgan fingerprint density at radius 2 is 1.90 bits per heavy atom. The molecular formula is C24H26N4O2. The molecule has 6 nitrogen and oxygen atoms in total. The lowest BCUT2D eigenvalue weighted by Gasteiger charge is -2.24. The number of hydrogen-bond acceptors (Lipinski definition) is 3. The molecule has 2 N–H and O–H groups in total. The zero-order valence-electron chi connectivity index (χ0n) is 17.1. The van der Waals surface area contributed by atoms with Crippen LogP contribution in [0.3, 0.4) is 0 Å². The van der Waals surface area contributed by atoms with Crippen LogP contribution in [0.4, 0.5) is 11.5 Å². The second kappa shape index (κ2) is 8.95. The molecule has 3 aromatic rings. The first kappa shape index (κ1) is 19.9. The number of para-hydroxylation sites is 1. The smallest absolute Gasteiger partial charge is 0.227 e. The summed E-state index contributed by atoms with van der Waals surface area (Å²) in [6.07, 6.45) is 4.16. The lowest BCUT2D eigenvalue weighted by Crippen LogP contribution is -2.30. The van der Waals surface area contributed by atoms with Gasteiger partial charge in [0.1, 0.15) is 5.82 Å². The Labute approximate surface area is 176 Å². The molecule has 2 heterocycles. The summed E-state index contributed by atoms with van der Waals surface area (Å²) in [5.74, 6) is 0.359. The fourth-order valence-corrected chi connectivity index (χ4v) is 3.78. The largest absolute Gasteiger partial charge is 0.326 e. The van der Waals surface area contributed by atoms with Gasteiger partial charge in [0.25, 0.3) is 0 Å². The van der Waals surface area contributed by atoms with Gasteiger partial charge in [0.2, 0.25) is 11.8 Å². The van der Waals surface area contributed by atoms with Crippen molar-refractivity contribution in [1.82, 2.24) is 9.78 Å². The number of benzene rings is 2. The van der Waals surface area contributed by atoms with E-state index in [1.54, 1.807) is 16.9 Å². The van der Waals surface area contributed by atoms with Gasteiger partial charge in [0.05, 0.1) is 12.7 Å². The van der Waals surface area contributed by atoms with Crippen molar-refractivity contribution in [2.45, 2.75) is 39.2 Å². The number of fused-ring (bicyclic) bond motifs is 1. The summed E-state index contributed by atoms with van der Waals surface area (Å²) in [7, 11) is 0. The molecule has 2 aromatic carbocycles. The van der Waals surface area contributed by atoms with Crippen LogP contribution in [-0.4, -0.2) is 21.6 Å². The Hall–Kier alpha value is -3.41. The molecule has 1 aromatic heterocycles. The highest BCUT2D eigenvalue weighted by Gasteiger charge is 2.26. The van der Waals surface area contributed by atoms with Crippen LogP contribution in [0.25, 0.3) is 0 Å². The van der Waals surface area contributed by atoms with Gasteiger partial charge in [-0.3, -0.25) is 9.59 Å². The van der Waals surface area contributed by atoms with E-state index < -0.39 is 0 Å². The van der Waals surface area contributed by atoms with Crippen LogP contribution >= 0.6 is 0 Å². The zero-order chi connectivity index (χ0) is 20.9. The lowest BCUT2D eigenvalue weighted by molar-refractivity contribution is -0.121. The van der Waals surface area contributed by atoms with E-state index in [2.05, 4.69) is 46.9 Å². The van der Waals surface area contributed by atoms with Crippen molar-refractivity contribution in [2.75, 3.05) is 10.6 Å². The Morgan fingerprint density at radius 3 is 2.70 bits per heavy atom. The third-order valence-electron chi connectivity index (χ3n) is 5.58. The topological polar surface area (TPSA) is 76.0 Å². The highest BCUT2D eigenvalue weighted by molar-refractivity contribution is 5.96. The van der Waals surface area contributed by atoms with Gasteiger partial charge in [-0.2, -0.15) is 5.10 Å². The number of rotatable bonds is 7. The lowest BCUT2D eigenvalue weighted by atomic mass is 9.89. The second-order valence-corrected chi connectivity index (χ2v) is 7.68. The first-order valence-corrected chi connectivity index (χ1v) is 10.4. The van der Waals surface area contributed by atoms with E-state index in [4.69, 9.17) is 0 Å². The Kier molecular flexibility index (Phi) is 5.93. The molecule has 2 amide bonds. The number of hydrogen-bond donors (Lipinski definition) is 2. The highest BCUT2D eigenvalue weighted by atomic mass is 16.2. The van der Waals surface area contributed by atoms with Crippen LogP contribution < -0.4 is 10.6 Å².